The van der Waals surface area contributed by atoms with Crippen molar-refractivity contribution in [2.24, 2.45) is 0 Å². The molecule has 3 rings (SSSR count). The lowest BCUT2D eigenvalue weighted by molar-refractivity contribution is -0.392. The molecule has 0 bridgehead atoms. The number of anilines is 3. The van der Waals surface area contributed by atoms with Crippen LogP contribution < -0.4 is 9.64 Å². The highest BCUT2D eigenvalue weighted by Gasteiger charge is 2.34. The van der Waals surface area contributed by atoms with E-state index in [1.807, 2.05) is 0 Å². The number of rotatable bonds is 6. The molecule has 1 N–H and O–H groups in total. The monoisotopic (exact) mass is 381 g/mol. The minimum Gasteiger partial charge on any atom is -0.506 e. The van der Waals surface area contributed by atoms with Crippen LogP contribution in [-0.2, 0) is 0 Å². The summed E-state index contributed by atoms with van der Waals surface area (Å²) in [4.78, 5) is 23.3. The number of para-hydroxylation sites is 3. The summed E-state index contributed by atoms with van der Waals surface area (Å²) < 4.78 is 4.99. The lowest BCUT2D eigenvalue weighted by atomic mass is 10.1. The Labute approximate surface area is 159 Å². The number of ether oxygens (including phenoxy) is 1. The van der Waals surface area contributed by atoms with Gasteiger partial charge in [-0.15, -0.1) is 0 Å². The third kappa shape index (κ3) is 3.40. The molecule has 0 fully saturated rings. The van der Waals surface area contributed by atoms with Crippen LogP contribution >= 0.6 is 0 Å². The quantitative estimate of drug-likeness (QED) is 0.486. The van der Waals surface area contributed by atoms with Crippen LogP contribution in [0.4, 0.5) is 28.4 Å². The SMILES string of the molecule is COc1cc([N+](=O)[O-])c(N(c2ccccc2)c2ccccc2O)c([N+](=O)[O-])c1. The lowest BCUT2D eigenvalue weighted by Gasteiger charge is -2.25. The van der Waals surface area contributed by atoms with Crippen molar-refractivity contribution in [2.45, 2.75) is 0 Å². The number of nitro groups is 2. The fourth-order valence-corrected chi connectivity index (χ4v) is 2.82. The van der Waals surface area contributed by atoms with E-state index in [2.05, 4.69) is 0 Å². The van der Waals surface area contributed by atoms with Crippen LogP contribution in [0.3, 0.4) is 0 Å². The number of hydrogen-bond donors (Lipinski definition) is 1. The molecule has 0 aromatic heterocycles. The highest BCUT2D eigenvalue weighted by atomic mass is 16.6. The first kappa shape index (κ1) is 18.6. The maximum Gasteiger partial charge on any atom is 0.304 e. The van der Waals surface area contributed by atoms with Crippen LogP contribution in [0.1, 0.15) is 0 Å². The van der Waals surface area contributed by atoms with Crippen molar-refractivity contribution in [3.63, 3.8) is 0 Å². The Morgan fingerprint density at radius 3 is 1.93 bits per heavy atom. The van der Waals surface area contributed by atoms with Gasteiger partial charge >= 0.3 is 11.4 Å². The average molecular weight is 381 g/mol. The van der Waals surface area contributed by atoms with Gasteiger partial charge < -0.3 is 9.84 Å². The number of phenolic OH excluding ortho intramolecular Hbond substituents is 1. The van der Waals surface area contributed by atoms with Crippen LogP contribution in [0.5, 0.6) is 11.5 Å². The zero-order chi connectivity index (χ0) is 20.3. The second-order valence-corrected chi connectivity index (χ2v) is 5.69. The second kappa shape index (κ2) is 7.62. The number of nitro benzene ring substituents is 2. The molecule has 0 saturated heterocycles. The van der Waals surface area contributed by atoms with Gasteiger partial charge in [0.25, 0.3) is 0 Å². The molecule has 3 aromatic carbocycles. The molecule has 0 saturated carbocycles. The van der Waals surface area contributed by atoms with Crippen molar-refractivity contribution < 1.29 is 19.7 Å². The van der Waals surface area contributed by atoms with Crippen LogP contribution in [0.15, 0.2) is 66.7 Å². The van der Waals surface area contributed by atoms with Crippen LogP contribution in [0.2, 0.25) is 0 Å². The Balaban J connectivity index is 2.42. The van der Waals surface area contributed by atoms with E-state index in [-0.39, 0.29) is 22.9 Å². The smallest absolute Gasteiger partial charge is 0.304 e. The van der Waals surface area contributed by atoms with E-state index in [9.17, 15) is 25.3 Å². The van der Waals surface area contributed by atoms with Crippen molar-refractivity contribution in [2.75, 3.05) is 12.0 Å². The molecule has 0 aliphatic rings. The summed E-state index contributed by atoms with van der Waals surface area (Å²) in [6.07, 6.45) is 0. The molecule has 0 unspecified atom stereocenters. The third-order valence-electron chi connectivity index (χ3n) is 4.03. The zero-order valence-corrected chi connectivity index (χ0v) is 14.7. The highest BCUT2D eigenvalue weighted by molar-refractivity contribution is 5.90. The van der Waals surface area contributed by atoms with Gasteiger partial charge in [-0.25, -0.2) is 0 Å². The molecule has 0 heterocycles. The molecule has 0 atom stereocenters. The van der Waals surface area contributed by atoms with E-state index < -0.39 is 21.2 Å². The van der Waals surface area contributed by atoms with Crippen molar-refractivity contribution in [3.8, 4) is 11.5 Å². The number of benzene rings is 3. The number of aromatic hydroxyl groups is 1. The van der Waals surface area contributed by atoms with Gasteiger partial charge in [-0.3, -0.25) is 25.1 Å². The van der Waals surface area contributed by atoms with E-state index in [1.54, 1.807) is 42.5 Å². The maximum absolute atomic E-state index is 11.8. The normalized spacial score (nSPS) is 10.3. The second-order valence-electron chi connectivity index (χ2n) is 5.69. The van der Waals surface area contributed by atoms with Gasteiger partial charge in [0.15, 0.2) is 0 Å². The summed E-state index contributed by atoms with van der Waals surface area (Å²) in [5.74, 6) is -0.210. The molecular formula is C19H15N3O6. The third-order valence-corrected chi connectivity index (χ3v) is 4.03. The lowest BCUT2D eigenvalue weighted by Crippen LogP contribution is -2.14. The zero-order valence-electron chi connectivity index (χ0n) is 14.7. The Morgan fingerprint density at radius 2 is 1.43 bits per heavy atom. The Kier molecular flexibility index (Phi) is 5.07. The molecule has 0 amide bonds. The summed E-state index contributed by atoms with van der Waals surface area (Å²) in [5.41, 5.74) is -0.787. The summed E-state index contributed by atoms with van der Waals surface area (Å²) in [5, 5.41) is 33.9. The predicted octanol–water partition coefficient (Wildman–Crippen LogP) is 4.69. The standard InChI is InChI=1S/C19H15N3O6/c1-28-14-11-16(21(24)25)19(17(12-14)22(26)27)20(13-7-3-2-4-8-13)15-9-5-6-10-18(15)23/h2-12,23H,1H3. The fourth-order valence-electron chi connectivity index (χ4n) is 2.82. The van der Waals surface area contributed by atoms with Crippen molar-refractivity contribution in [3.05, 3.63) is 87.0 Å². The summed E-state index contributed by atoms with van der Waals surface area (Å²) in [6.45, 7) is 0. The number of methoxy groups -OCH3 is 1. The van der Waals surface area contributed by atoms with Crippen molar-refractivity contribution >= 4 is 28.4 Å². The van der Waals surface area contributed by atoms with Crippen LogP contribution in [-0.4, -0.2) is 22.1 Å². The average Bonchev–Trinajstić information content (AvgIpc) is 2.70. The van der Waals surface area contributed by atoms with E-state index in [1.165, 1.54) is 24.1 Å². The number of nitrogens with zero attached hydrogens (tertiary/aromatic N) is 3. The minimum absolute atomic E-state index is 0.0209. The predicted molar refractivity (Wildman–Crippen MR) is 103 cm³/mol. The highest BCUT2D eigenvalue weighted by Crippen LogP contribution is 2.49. The van der Waals surface area contributed by atoms with E-state index in [4.69, 9.17) is 4.74 Å². The Bertz CT molecular complexity index is 1000. The number of phenols is 1. The summed E-state index contributed by atoms with van der Waals surface area (Å²) in [6, 6.07) is 16.7. The van der Waals surface area contributed by atoms with Crippen molar-refractivity contribution in [1.29, 1.82) is 0 Å². The van der Waals surface area contributed by atoms with Gasteiger partial charge in [0.05, 0.1) is 34.8 Å². The van der Waals surface area contributed by atoms with Gasteiger partial charge in [0, 0.05) is 5.69 Å². The van der Waals surface area contributed by atoms with Crippen LogP contribution in [0, 0.1) is 20.2 Å². The first-order valence-corrected chi connectivity index (χ1v) is 8.08. The maximum atomic E-state index is 11.8. The van der Waals surface area contributed by atoms with Gasteiger partial charge in [0.2, 0.25) is 5.69 Å². The van der Waals surface area contributed by atoms with E-state index >= 15 is 0 Å². The summed E-state index contributed by atoms with van der Waals surface area (Å²) >= 11 is 0. The van der Waals surface area contributed by atoms with E-state index in [0.717, 1.165) is 12.1 Å². The largest absolute Gasteiger partial charge is 0.506 e. The molecule has 9 heteroatoms. The molecule has 142 valence electrons. The minimum atomic E-state index is -0.721. The number of hydrogen-bond acceptors (Lipinski definition) is 7. The van der Waals surface area contributed by atoms with Gasteiger partial charge in [-0.05, 0) is 24.3 Å². The molecule has 0 spiro atoms. The molecule has 28 heavy (non-hydrogen) atoms. The first-order valence-electron chi connectivity index (χ1n) is 8.08. The molecule has 0 aliphatic heterocycles. The van der Waals surface area contributed by atoms with E-state index in [0.29, 0.717) is 5.69 Å². The van der Waals surface area contributed by atoms with Gasteiger partial charge in [0.1, 0.15) is 11.5 Å². The topological polar surface area (TPSA) is 119 Å². The molecule has 0 radical (unpaired) electrons. The first-order chi connectivity index (χ1) is 13.4. The Hall–Kier alpha value is -4.14. The van der Waals surface area contributed by atoms with Crippen molar-refractivity contribution in [1.82, 2.24) is 0 Å². The fraction of sp³-hybridized carbons (Fsp3) is 0.0526. The molecule has 9 nitrogen and oxygen atoms in total. The van der Waals surface area contributed by atoms with Gasteiger partial charge in [-0.1, -0.05) is 30.3 Å². The molecule has 3 aromatic rings. The van der Waals surface area contributed by atoms with Crippen LogP contribution in [0.25, 0.3) is 0 Å². The molecular weight excluding hydrogens is 366 g/mol. The molecule has 0 aliphatic carbocycles. The Morgan fingerprint density at radius 1 is 0.893 bits per heavy atom. The van der Waals surface area contributed by atoms with Gasteiger partial charge in [-0.2, -0.15) is 0 Å². The summed E-state index contributed by atoms with van der Waals surface area (Å²) in [7, 11) is 1.26.